The van der Waals surface area contributed by atoms with Crippen molar-refractivity contribution in [3.63, 3.8) is 0 Å². The number of fused-ring (bicyclic) bond motifs is 1. The number of rotatable bonds is 7. The molecule has 1 heterocycles. The number of hydrogen-bond acceptors (Lipinski definition) is 2. The van der Waals surface area contributed by atoms with E-state index in [0.717, 1.165) is 18.8 Å². The van der Waals surface area contributed by atoms with Crippen LogP contribution in [0.15, 0.2) is 24.3 Å². The van der Waals surface area contributed by atoms with E-state index in [4.69, 9.17) is 4.74 Å². The average Bonchev–Trinajstić information content (AvgIpc) is 2.45. The van der Waals surface area contributed by atoms with E-state index in [1.54, 1.807) is 0 Å². The number of nitrogens with one attached hydrogen (secondary N) is 1. The molecule has 1 aliphatic heterocycles. The Balaban J connectivity index is 2.01. The summed E-state index contributed by atoms with van der Waals surface area (Å²) < 4.78 is 5.74. The molecule has 2 unspecified atom stereocenters. The second kappa shape index (κ2) is 7.54. The molecule has 0 saturated heterocycles. The Bertz CT molecular complexity index is 377. The smallest absolute Gasteiger partial charge is 0.124 e. The SMILES string of the molecule is CCCCC(CCC)NC1CCOc2ccccc21. The molecule has 2 rings (SSSR count). The molecule has 1 aliphatic rings. The topological polar surface area (TPSA) is 21.3 Å². The van der Waals surface area contributed by atoms with Crippen molar-refractivity contribution < 1.29 is 4.74 Å². The van der Waals surface area contributed by atoms with Crippen molar-refractivity contribution in [2.24, 2.45) is 0 Å². The van der Waals surface area contributed by atoms with Crippen molar-refractivity contribution in [1.29, 1.82) is 0 Å². The molecule has 0 aromatic heterocycles. The molecule has 2 nitrogen and oxygen atoms in total. The molecule has 0 bridgehead atoms. The average molecular weight is 261 g/mol. The molecule has 0 spiro atoms. The number of hydrogen-bond donors (Lipinski definition) is 1. The third-order valence-electron chi connectivity index (χ3n) is 3.94. The van der Waals surface area contributed by atoms with Gasteiger partial charge in [-0.3, -0.25) is 0 Å². The van der Waals surface area contributed by atoms with Gasteiger partial charge in [-0.25, -0.2) is 0 Å². The van der Waals surface area contributed by atoms with E-state index < -0.39 is 0 Å². The number of unbranched alkanes of at least 4 members (excludes halogenated alkanes) is 1. The van der Waals surface area contributed by atoms with Crippen molar-refractivity contribution in [2.75, 3.05) is 6.61 Å². The maximum Gasteiger partial charge on any atom is 0.124 e. The van der Waals surface area contributed by atoms with E-state index in [1.807, 2.05) is 0 Å². The summed E-state index contributed by atoms with van der Waals surface area (Å²) in [7, 11) is 0. The van der Waals surface area contributed by atoms with Gasteiger partial charge in [0.1, 0.15) is 5.75 Å². The fraction of sp³-hybridized carbons (Fsp3) is 0.647. The molecular formula is C17H27NO. The van der Waals surface area contributed by atoms with Crippen LogP contribution in [0.4, 0.5) is 0 Å². The van der Waals surface area contributed by atoms with Crippen molar-refractivity contribution >= 4 is 0 Å². The van der Waals surface area contributed by atoms with Crippen LogP contribution in [-0.4, -0.2) is 12.6 Å². The Morgan fingerprint density at radius 1 is 1.21 bits per heavy atom. The molecule has 1 aromatic carbocycles. The number of benzene rings is 1. The number of para-hydroxylation sites is 1. The highest BCUT2D eigenvalue weighted by molar-refractivity contribution is 5.37. The molecule has 0 fully saturated rings. The zero-order chi connectivity index (χ0) is 13.5. The summed E-state index contributed by atoms with van der Waals surface area (Å²) in [5.74, 6) is 1.07. The standard InChI is InChI=1S/C17H27NO/c1-3-5-9-14(8-4-2)18-16-12-13-19-17-11-7-6-10-15(16)17/h6-7,10-11,14,16,18H,3-5,8-9,12-13H2,1-2H3. The van der Waals surface area contributed by atoms with Gasteiger partial charge in [-0.05, 0) is 18.9 Å². The lowest BCUT2D eigenvalue weighted by molar-refractivity contribution is 0.238. The first-order valence-corrected chi connectivity index (χ1v) is 7.83. The molecule has 0 aliphatic carbocycles. The van der Waals surface area contributed by atoms with E-state index in [-0.39, 0.29) is 0 Å². The van der Waals surface area contributed by atoms with Crippen molar-refractivity contribution in [3.05, 3.63) is 29.8 Å². The normalized spacial score (nSPS) is 19.6. The van der Waals surface area contributed by atoms with Crippen LogP contribution in [0.2, 0.25) is 0 Å². The second-order valence-electron chi connectivity index (χ2n) is 5.52. The van der Waals surface area contributed by atoms with Crippen LogP contribution in [0.25, 0.3) is 0 Å². The highest BCUT2D eigenvalue weighted by Gasteiger charge is 2.22. The van der Waals surface area contributed by atoms with Crippen LogP contribution >= 0.6 is 0 Å². The summed E-state index contributed by atoms with van der Waals surface area (Å²) in [6, 6.07) is 9.59. The van der Waals surface area contributed by atoms with Crippen LogP contribution in [0.3, 0.4) is 0 Å². The second-order valence-corrected chi connectivity index (χ2v) is 5.52. The van der Waals surface area contributed by atoms with Gasteiger partial charge in [-0.2, -0.15) is 0 Å². The molecular weight excluding hydrogens is 234 g/mol. The Morgan fingerprint density at radius 3 is 2.84 bits per heavy atom. The number of ether oxygens (including phenoxy) is 1. The molecule has 2 atom stereocenters. The molecule has 19 heavy (non-hydrogen) atoms. The Morgan fingerprint density at radius 2 is 2.05 bits per heavy atom. The summed E-state index contributed by atoms with van der Waals surface area (Å²) in [5.41, 5.74) is 1.34. The summed E-state index contributed by atoms with van der Waals surface area (Å²) in [5, 5.41) is 3.87. The summed E-state index contributed by atoms with van der Waals surface area (Å²) in [4.78, 5) is 0. The lowest BCUT2D eigenvalue weighted by Gasteiger charge is -2.30. The fourth-order valence-corrected chi connectivity index (χ4v) is 2.91. The molecule has 0 radical (unpaired) electrons. The van der Waals surface area contributed by atoms with E-state index in [9.17, 15) is 0 Å². The van der Waals surface area contributed by atoms with Gasteiger partial charge < -0.3 is 10.1 Å². The maximum absolute atomic E-state index is 5.74. The highest BCUT2D eigenvalue weighted by atomic mass is 16.5. The molecule has 2 heteroatoms. The predicted molar refractivity (Wildman–Crippen MR) is 80.7 cm³/mol. The van der Waals surface area contributed by atoms with Gasteiger partial charge in [0.15, 0.2) is 0 Å². The minimum atomic E-state index is 0.471. The van der Waals surface area contributed by atoms with Gasteiger partial charge in [0.05, 0.1) is 6.61 Å². The third-order valence-corrected chi connectivity index (χ3v) is 3.94. The Labute approximate surface area is 117 Å². The first-order valence-electron chi connectivity index (χ1n) is 7.83. The lowest BCUT2D eigenvalue weighted by Crippen LogP contribution is -2.35. The van der Waals surface area contributed by atoms with Gasteiger partial charge in [0.2, 0.25) is 0 Å². The van der Waals surface area contributed by atoms with Crippen LogP contribution in [-0.2, 0) is 0 Å². The van der Waals surface area contributed by atoms with Gasteiger partial charge >= 0.3 is 0 Å². The van der Waals surface area contributed by atoms with Crippen LogP contribution in [0, 0.1) is 0 Å². The fourth-order valence-electron chi connectivity index (χ4n) is 2.91. The van der Waals surface area contributed by atoms with Crippen molar-refractivity contribution in [3.8, 4) is 5.75 Å². The zero-order valence-electron chi connectivity index (χ0n) is 12.3. The van der Waals surface area contributed by atoms with Crippen LogP contribution in [0.5, 0.6) is 5.75 Å². The van der Waals surface area contributed by atoms with Gasteiger partial charge in [-0.1, -0.05) is 51.3 Å². The van der Waals surface area contributed by atoms with E-state index >= 15 is 0 Å². The molecule has 1 aromatic rings. The molecule has 0 saturated carbocycles. The predicted octanol–water partition coefficient (Wildman–Crippen LogP) is 4.46. The molecule has 1 N–H and O–H groups in total. The Kier molecular flexibility index (Phi) is 5.71. The lowest BCUT2D eigenvalue weighted by atomic mass is 9.97. The van der Waals surface area contributed by atoms with Crippen molar-refractivity contribution in [1.82, 2.24) is 5.32 Å². The third kappa shape index (κ3) is 3.97. The quantitative estimate of drug-likeness (QED) is 0.782. The Hall–Kier alpha value is -1.02. The van der Waals surface area contributed by atoms with Crippen molar-refractivity contribution in [2.45, 2.75) is 64.5 Å². The summed E-state index contributed by atoms with van der Waals surface area (Å²) in [6.07, 6.45) is 7.52. The summed E-state index contributed by atoms with van der Waals surface area (Å²) >= 11 is 0. The summed E-state index contributed by atoms with van der Waals surface area (Å²) in [6.45, 7) is 5.38. The van der Waals surface area contributed by atoms with Crippen LogP contribution < -0.4 is 10.1 Å². The van der Waals surface area contributed by atoms with E-state index in [0.29, 0.717) is 12.1 Å². The zero-order valence-corrected chi connectivity index (χ0v) is 12.3. The van der Waals surface area contributed by atoms with E-state index in [2.05, 4.69) is 43.4 Å². The highest BCUT2D eigenvalue weighted by Crippen LogP contribution is 2.32. The van der Waals surface area contributed by atoms with E-state index in [1.165, 1.54) is 37.7 Å². The largest absolute Gasteiger partial charge is 0.493 e. The first kappa shape index (κ1) is 14.4. The molecule has 106 valence electrons. The molecule has 0 amide bonds. The minimum absolute atomic E-state index is 0.471. The first-order chi connectivity index (χ1) is 9.35. The minimum Gasteiger partial charge on any atom is -0.493 e. The monoisotopic (exact) mass is 261 g/mol. The van der Waals surface area contributed by atoms with Gasteiger partial charge in [0, 0.05) is 24.1 Å². The van der Waals surface area contributed by atoms with Gasteiger partial charge in [0.25, 0.3) is 0 Å². The van der Waals surface area contributed by atoms with Gasteiger partial charge in [-0.15, -0.1) is 0 Å². The van der Waals surface area contributed by atoms with Crippen LogP contribution in [0.1, 0.15) is 64.0 Å². The maximum atomic E-state index is 5.74.